The highest BCUT2D eigenvalue weighted by molar-refractivity contribution is 5.28. The van der Waals surface area contributed by atoms with Crippen LogP contribution in [0.15, 0.2) is 47.1 Å². The second-order valence-electron chi connectivity index (χ2n) is 4.21. The van der Waals surface area contributed by atoms with Crippen molar-refractivity contribution in [2.24, 2.45) is 0 Å². The van der Waals surface area contributed by atoms with Crippen molar-refractivity contribution in [2.75, 3.05) is 6.61 Å². The predicted molar refractivity (Wildman–Crippen MR) is 71.5 cm³/mol. The average Bonchev–Trinajstić information content (AvgIpc) is 2.97. The Labute approximate surface area is 112 Å². The fourth-order valence-corrected chi connectivity index (χ4v) is 1.77. The Morgan fingerprint density at radius 2 is 2.26 bits per heavy atom. The summed E-state index contributed by atoms with van der Waals surface area (Å²) in [4.78, 5) is 0. The second kappa shape index (κ2) is 6.62. The maximum Gasteiger partial charge on any atom is 0.174 e. The van der Waals surface area contributed by atoms with Gasteiger partial charge in [-0.2, -0.15) is 5.26 Å². The summed E-state index contributed by atoms with van der Waals surface area (Å²) in [7, 11) is 0. The molecule has 0 unspecified atom stereocenters. The van der Waals surface area contributed by atoms with Crippen LogP contribution in [-0.4, -0.2) is 6.61 Å². The first-order valence-electron chi connectivity index (χ1n) is 6.15. The Bertz CT molecular complexity index is 544. The van der Waals surface area contributed by atoms with Crippen molar-refractivity contribution in [3.8, 4) is 11.8 Å². The molecule has 2 aromatic rings. The molecule has 0 saturated heterocycles. The minimum atomic E-state index is 0.0691. The van der Waals surface area contributed by atoms with Crippen molar-refractivity contribution < 1.29 is 9.15 Å². The van der Waals surface area contributed by atoms with Crippen LogP contribution in [0.25, 0.3) is 0 Å². The van der Waals surface area contributed by atoms with Crippen LogP contribution in [0.3, 0.4) is 0 Å². The van der Waals surface area contributed by atoms with Gasteiger partial charge in [0, 0.05) is 6.54 Å². The highest BCUT2D eigenvalue weighted by atomic mass is 16.5. The van der Waals surface area contributed by atoms with E-state index in [0.717, 1.165) is 11.3 Å². The van der Waals surface area contributed by atoms with E-state index in [1.165, 1.54) is 0 Å². The molecule has 0 bridgehead atoms. The van der Waals surface area contributed by atoms with Crippen LogP contribution in [0.1, 0.15) is 24.3 Å². The Hall–Kier alpha value is -2.25. The second-order valence-corrected chi connectivity index (χ2v) is 4.21. The van der Waals surface area contributed by atoms with Gasteiger partial charge in [0.15, 0.2) is 6.61 Å². The summed E-state index contributed by atoms with van der Waals surface area (Å²) in [6.07, 6.45) is 1.67. The maximum atomic E-state index is 8.48. The zero-order chi connectivity index (χ0) is 13.5. The van der Waals surface area contributed by atoms with Gasteiger partial charge in [-0.15, -0.1) is 0 Å². The molecule has 0 aliphatic carbocycles. The van der Waals surface area contributed by atoms with Crippen LogP contribution in [-0.2, 0) is 6.54 Å². The van der Waals surface area contributed by atoms with E-state index >= 15 is 0 Å². The van der Waals surface area contributed by atoms with Crippen LogP contribution in [0, 0.1) is 11.3 Å². The van der Waals surface area contributed by atoms with Gasteiger partial charge in [-0.3, -0.25) is 0 Å². The van der Waals surface area contributed by atoms with Crippen LogP contribution in [0.2, 0.25) is 0 Å². The lowest BCUT2D eigenvalue weighted by atomic mass is 10.2. The summed E-state index contributed by atoms with van der Waals surface area (Å²) >= 11 is 0. The van der Waals surface area contributed by atoms with Gasteiger partial charge in [0.05, 0.1) is 12.3 Å². The number of rotatable bonds is 6. The van der Waals surface area contributed by atoms with E-state index < -0.39 is 0 Å². The molecule has 0 amide bonds. The Morgan fingerprint density at radius 1 is 1.37 bits per heavy atom. The summed E-state index contributed by atoms with van der Waals surface area (Å²) in [6, 6.07) is 13.6. The molecule has 0 fully saturated rings. The first kappa shape index (κ1) is 13.2. The van der Waals surface area contributed by atoms with Crippen molar-refractivity contribution >= 4 is 0 Å². The van der Waals surface area contributed by atoms with Gasteiger partial charge >= 0.3 is 0 Å². The summed E-state index contributed by atoms with van der Waals surface area (Å²) in [5, 5.41) is 11.9. The SMILES string of the molecule is C[C@H](NCc1cccc(OCC#N)c1)c1ccco1. The predicted octanol–water partition coefficient (Wildman–Crippen LogP) is 3.03. The summed E-state index contributed by atoms with van der Waals surface area (Å²) in [5.41, 5.74) is 1.11. The van der Waals surface area contributed by atoms with E-state index in [1.807, 2.05) is 42.5 Å². The normalized spacial score (nSPS) is 11.8. The van der Waals surface area contributed by atoms with Gasteiger partial charge < -0.3 is 14.5 Å². The Kier molecular flexibility index (Phi) is 4.60. The largest absolute Gasteiger partial charge is 0.479 e. The molecule has 4 heteroatoms. The quantitative estimate of drug-likeness (QED) is 0.863. The molecule has 0 aliphatic rings. The van der Waals surface area contributed by atoms with Gasteiger partial charge in [-0.1, -0.05) is 12.1 Å². The van der Waals surface area contributed by atoms with E-state index in [4.69, 9.17) is 14.4 Å². The zero-order valence-electron chi connectivity index (χ0n) is 10.8. The number of hydrogen-bond acceptors (Lipinski definition) is 4. The molecule has 1 aromatic heterocycles. The maximum absolute atomic E-state index is 8.48. The molecular weight excluding hydrogens is 240 g/mol. The highest BCUT2D eigenvalue weighted by Gasteiger charge is 2.07. The minimum Gasteiger partial charge on any atom is -0.479 e. The molecule has 2 rings (SSSR count). The van der Waals surface area contributed by atoms with Crippen molar-refractivity contribution in [3.05, 3.63) is 54.0 Å². The first-order valence-corrected chi connectivity index (χ1v) is 6.15. The fraction of sp³-hybridized carbons (Fsp3) is 0.267. The summed E-state index contributed by atoms with van der Waals surface area (Å²) in [5.74, 6) is 1.63. The van der Waals surface area contributed by atoms with E-state index in [9.17, 15) is 0 Å². The Morgan fingerprint density at radius 3 is 3.00 bits per heavy atom. The van der Waals surface area contributed by atoms with Gasteiger partial charge in [0.25, 0.3) is 0 Å². The lowest BCUT2D eigenvalue weighted by Gasteiger charge is -2.12. The number of ether oxygens (including phenoxy) is 1. The standard InChI is InChI=1S/C15H16N2O2/c1-12(15-6-3-8-19-15)17-11-13-4-2-5-14(10-13)18-9-7-16/h2-6,8,10,12,17H,9,11H2,1H3/t12-/m0/s1. The molecular formula is C15H16N2O2. The first-order chi connectivity index (χ1) is 9.29. The minimum absolute atomic E-state index is 0.0691. The highest BCUT2D eigenvalue weighted by Crippen LogP contribution is 2.16. The van der Waals surface area contributed by atoms with Crippen molar-refractivity contribution in [1.82, 2.24) is 5.32 Å². The molecule has 98 valence electrons. The van der Waals surface area contributed by atoms with E-state index in [-0.39, 0.29) is 12.6 Å². The number of benzene rings is 1. The lowest BCUT2D eigenvalue weighted by molar-refractivity contribution is 0.367. The summed E-state index contributed by atoms with van der Waals surface area (Å²) < 4.78 is 10.6. The molecule has 0 aliphatic heterocycles. The zero-order valence-corrected chi connectivity index (χ0v) is 10.8. The molecule has 19 heavy (non-hydrogen) atoms. The molecule has 4 nitrogen and oxygen atoms in total. The van der Waals surface area contributed by atoms with E-state index in [1.54, 1.807) is 6.26 Å². The number of furan rings is 1. The number of hydrogen-bond donors (Lipinski definition) is 1. The van der Waals surface area contributed by atoms with Crippen LogP contribution in [0.5, 0.6) is 5.75 Å². The lowest BCUT2D eigenvalue weighted by Crippen LogP contribution is -2.17. The van der Waals surface area contributed by atoms with E-state index in [2.05, 4.69) is 12.2 Å². The molecule has 0 spiro atoms. The van der Waals surface area contributed by atoms with Gasteiger partial charge in [0.1, 0.15) is 17.6 Å². The number of nitriles is 1. The van der Waals surface area contributed by atoms with Crippen molar-refractivity contribution in [2.45, 2.75) is 19.5 Å². The third kappa shape index (κ3) is 3.87. The van der Waals surface area contributed by atoms with Crippen LogP contribution in [0.4, 0.5) is 0 Å². The van der Waals surface area contributed by atoms with Crippen LogP contribution >= 0.6 is 0 Å². The summed E-state index contributed by atoms with van der Waals surface area (Å²) in [6.45, 7) is 2.83. The smallest absolute Gasteiger partial charge is 0.174 e. The van der Waals surface area contributed by atoms with Gasteiger partial charge in [0.2, 0.25) is 0 Å². The molecule has 1 heterocycles. The molecule has 1 N–H and O–H groups in total. The van der Waals surface area contributed by atoms with Crippen LogP contribution < -0.4 is 10.1 Å². The average molecular weight is 256 g/mol. The number of nitrogens with one attached hydrogen (secondary N) is 1. The fourth-order valence-electron chi connectivity index (χ4n) is 1.77. The Balaban J connectivity index is 1.90. The monoisotopic (exact) mass is 256 g/mol. The third-order valence-corrected chi connectivity index (χ3v) is 2.78. The molecule has 0 saturated carbocycles. The van der Waals surface area contributed by atoms with Crippen molar-refractivity contribution in [3.63, 3.8) is 0 Å². The molecule has 1 aromatic carbocycles. The van der Waals surface area contributed by atoms with Crippen molar-refractivity contribution in [1.29, 1.82) is 5.26 Å². The topological polar surface area (TPSA) is 58.2 Å². The number of nitrogens with zero attached hydrogens (tertiary/aromatic N) is 1. The third-order valence-electron chi connectivity index (χ3n) is 2.78. The molecule has 1 atom stereocenters. The molecule has 0 radical (unpaired) electrons. The van der Waals surface area contributed by atoms with Gasteiger partial charge in [-0.05, 0) is 36.8 Å². The van der Waals surface area contributed by atoms with Gasteiger partial charge in [-0.25, -0.2) is 0 Å². The van der Waals surface area contributed by atoms with E-state index in [0.29, 0.717) is 12.3 Å².